The van der Waals surface area contributed by atoms with Gasteiger partial charge in [0.25, 0.3) is 0 Å². The fraction of sp³-hybridized carbons (Fsp3) is 0.316. The zero-order valence-corrected chi connectivity index (χ0v) is 16.4. The second-order valence-corrected chi connectivity index (χ2v) is 8.05. The SMILES string of the molecule is CC(C)(C)OC(=O)N1Cc2cnc(C(=[N+]=[N-])c3cccc(Br)c3)cc2C1. The molecule has 1 aliphatic rings. The lowest BCUT2D eigenvalue weighted by molar-refractivity contribution is -0.00314. The summed E-state index contributed by atoms with van der Waals surface area (Å²) in [6.45, 7) is 6.43. The van der Waals surface area contributed by atoms with Gasteiger partial charge in [0, 0.05) is 17.2 Å². The van der Waals surface area contributed by atoms with Crippen LogP contribution in [-0.2, 0) is 17.8 Å². The van der Waals surface area contributed by atoms with Crippen molar-refractivity contribution in [2.24, 2.45) is 0 Å². The Morgan fingerprint density at radius 2 is 2.00 bits per heavy atom. The Kier molecular flexibility index (Phi) is 4.94. The van der Waals surface area contributed by atoms with E-state index in [9.17, 15) is 10.3 Å². The van der Waals surface area contributed by atoms with Gasteiger partial charge in [-0.15, -0.1) is 0 Å². The molecule has 1 aliphatic heterocycles. The van der Waals surface area contributed by atoms with Gasteiger partial charge in [-0.25, -0.2) is 9.78 Å². The van der Waals surface area contributed by atoms with Crippen LogP contribution in [0.25, 0.3) is 5.53 Å². The Hall–Kier alpha value is -2.50. The van der Waals surface area contributed by atoms with E-state index in [4.69, 9.17) is 4.74 Å². The van der Waals surface area contributed by atoms with Gasteiger partial charge in [-0.3, -0.25) is 4.90 Å². The fourth-order valence-corrected chi connectivity index (χ4v) is 3.16. The van der Waals surface area contributed by atoms with Crippen molar-refractivity contribution < 1.29 is 14.3 Å². The summed E-state index contributed by atoms with van der Waals surface area (Å²) < 4.78 is 6.31. The van der Waals surface area contributed by atoms with E-state index in [1.165, 1.54) is 0 Å². The molecule has 1 aromatic heterocycles. The average Bonchev–Trinajstić information content (AvgIpc) is 2.98. The normalized spacial score (nSPS) is 13.2. The Morgan fingerprint density at radius 3 is 2.65 bits per heavy atom. The monoisotopic (exact) mass is 414 g/mol. The Labute approximate surface area is 160 Å². The first kappa shape index (κ1) is 18.3. The van der Waals surface area contributed by atoms with Crippen molar-refractivity contribution in [1.82, 2.24) is 9.88 Å². The van der Waals surface area contributed by atoms with E-state index >= 15 is 0 Å². The van der Waals surface area contributed by atoms with Crippen LogP contribution in [0.5, 0.6) is 0 Å². The second kappa shape index (κ2) is 7.02. The molecular weight excluding hydrogens is 396 g/mol. The van der Waals surface area contributed by atoms with Crippen molar-refractivity contribution in [2.45, 2.75) is 39.5 Å². The molecule has 0 radical (unpaired) electrons. The maximum atomic E-state index is 12.3. The number of rotatable bonds is 2. The van der Waals surface area contributed by atoms with Gasteiger partial charge in [-0.2, -0.15) is 4.79 Å². The molecule has 0 atom stereocenters. The molecule has 3 rings (SSSR count). The summed E-state index contributed by atoms with van der Waals surface area (Å²) >= 11 is 3.41. The maximum absolute atomic E-state index is 12.3. The van der Waals surface area contributed by atoms with Gasteiger partial charge in [0.1, 0.15) is 5.60 Å². The minimum absolute atomic E-state index is 0.349. The Morgan fingerprint density at radius 1 is 1.27 bits per heavy atom. The number of amides is 1. The number of benzene rings is 1. The Bertz CT molecular complexity index is 914. The van der Waals surface area contributed by atoms with Crippen molar-refractivity contribution in [3.63, 3.8) is 0 Å². The van der Waals surface area contributed by atoms with Gasteiger partial charge in [0.05, 0.1) is 12.1 Å². The first-order valence-corrected chi connectivity index (χ1v) is 9.00. The highest BCUT2D eigenvalue weighted by Gasteiger charge is 2.29. The molecule has 0 spiro atoms. The molecule has 1 amide bonds. The number of hydrogen-bond donors (Lipinski definition) is 0. The van der Waals surface area contributed by atoms with Crippen LogP contribution in [0.3, 0.4) is 0 Å². The molecule has 7 heteroatoms. The van der Waals surface area contributed by atoms with Gasteiger partial charge < -0.3 is 10.3 Å². The van der Waals surface area contributed by atoms with Crippen molar-refractivity contribution in [2.75, 3.05) is 0 Å². The first-order valence-electron chi connectivity index (χ1n) is 8.21. The molecule has 6 nitrogen and oxygen atoms in total. The number of fused-ring (bicyclic) bond motifs is 1. The molecule has 2 heterocycles. The summed E-state index contributed by atoms with van der Waals surface area (Å²) in [5.41, 5.74) is 12.6. The third kappa shape index (κ3) is 4.00. The third-order valence-electron chi connectivity index (χ3n) is 3.90. The van der Waals surface area contributed by atoms with Crippen LogP contribution < -0.4 is 0 Å². The molecule has 0 saturated heterocycles. The van der Waals surface area contributed by atoms with Crippen molar-refractivity contribution in [3.8, 4) is 0 Å². The zero-order chi connectivity index (χ0) is 18.9. The average molecular weight is 415 g/mol. The standard InChI is InChI=1S/C19H19BrN4O2/c1-19(2,3)26-18(25)24-10-13-8-16(22-9-14(13)11-24)17(23-21)12-5-4-6-15(20)7-12/h4-9H,10-11H2,1-3H3. The predicted octanol–water partition coefficient (Wildman–Crippen LogP) is 4.16. The zero-order valence-electron chi connectivity index (χ0n) is 14.9. The lowest BCUT2D eigenvalue weighted by Crippen LogP contribution is -2.33. The number of hydrogen-bond acceptors (Lipinski definition) is 3. The molecular formula is C19H19BrN4O2. The molecule has 0 N–H and O–H groups in total. The van der Waals surface area contributed by atoms with Crippen LogP contribution in [0.2, 0.25) is 0 Å². The molecule has 0 bridgehead atoms. The molecule has 0 unspecified atom stereocenters. The first-order chi connectivity index (χ1) is 12.3. The summed E-state index contributed by atoms with van der Waals surface area (Å²) in [7, 11) is 0. The van der Waals surface area contributed by atoms with Gasteiger partial charge in [0.15, 0.2) is 5.69 Å². The smallest absolute Gasteiger partial charge is 0.410 e. The van der Waals surface area contributed by atoms with Crippen molar-refractivity contribution in [1.29, 1.82) is 0 Å². The van der Waals surface area contributed by atoms with E-state index in [-0.39, 0.29) is 6.09 Å². The van der Waals surface area contributed by atoms with E-state index in [1.54, 1.807) is 11.1 Å². The van der Waals surface area contributed by atoms with E-state index in [1.807, 2.05) is 51.1 Å². The highest BCUT2D eigenvalue weighted by atomic mass is 79.9. The van der Waals surface area contributed by atoms with Crippen LogP contribution in [0.4, 0.5) is 4.79 Å². The minimum Gasteiger partial charge on any atom is -0.444 e. The molecule has 134 valence electrons. The van der Waals surface area contributed by atoms with Crippen molar-refractivity contribution >= 4 is 27.7 Å². The Balaban J connectivity index is 1.85. The van der Waals surface area contributed by atoms with Crippen LogP contribution in [-0.4, -0.2) is 32.1 Å². The van der Waals surface area contributed by atoms with E-state index < -0.39 is 5.60 Å². The third-order valence-corrected chi connectivity index (χ3v) is 4.39. The van der Waals surface area contributed by atoms with Gasteiger partial charge in [-0.1, -0.05) is 22.0 Å². The molecule has 0 saturated carbocycles. The van der Waals surface area contributed by atoms with Crippen LogP contribution >= 0.6 is 15.9 Å². The molecule has 1 aromatic carbocycles. The van der Waals surface area contributed by atoms with Crippen LogP contribution in [0, 0.1) is 0 Å². The fourth-order valence-electron chi connectivity index (χ4n) is 2.76. The number of ether oxygens (including phenoxy) is 1. The summed E-state index contributed by atoms with van der Waals surface area (Å²) in [6, 6.07) is 9.32. The highest BCUT2D eigenvalue weighted by Crippen LogP contribution is 2.25. The van der Waals surface area contributed by atoms with E-state index in [0.717, 1.165) is 21.2 Å². The minimum atomic E-state index is -0.535. The summed E-state index contributed by atoms with van der Waals surface area (Å²) in [6.07, 6.45) is 1.37. The van der Waals surface area contributed by atoms with Gasteiger partial charge in [-0.05, 0) is 56.2 Å². The van der Waals surface area contributed by atoms with E-state index in [0.29, 0.717) is 24.5 Å². The largest absolute Gasteiger partial charge is 0.444 e. The van der Waals surface area contributed by atoms with Gasteiger partial charge >= 0.3 is 11.8 Å². The van der Waals surface area contributed by atoms with Crippen LogP contribution in [0.1, 0.15) is 43.2 Å². The van der Waals surface area contributed by atoms with Gasteiger partial charge in [0.2, 0.25) is 0 Å². The number of halogens is 1. The molecule has 2 aromatic rings. The number of carbonyl (C=O) groups is 1. The van der Waals surface area contributed by atoms with Crippen molar-refractivity contribution in [3.05, 3.63) is 68.9 Å². The highest BCUT2D eigenvalue weighted by molar-refractivity contribution is 9.10. The van der Waals surface area contributed by atoms with Crippen LogP contribution in [0.15, 0.2) is 41.0 Å². The molecule has 0 fully saturated rings. The molecule has 26 heavy (non-hydrogen) atoms. The summed E-state index contributed by atoms with van der Waals surface area (Å²) in [4.78, 5) is 21.7. The van der Waals surface area contributed by atoms with E-state index in [2.05, 4.69) is 25.7 Å². The number of aromatic nitrogens is 1. The summed E-state index contributed by atoms with van der Waals surface area (Å²) in [5, 5.41) is 0. The predicted molar refractivity (Wildman–Crippen MR) is 101 cm³/mol. The number of nitrogens with zero attached hydrogens (tertiary/aromatic N) is 4. The topological polar surface area (TPSA) is 78.8 Å². The lowest BCUT2D eigenvalue weighted by Gasteiger charge is -2.24. The second-order valence-electron chi connectivity index (χ2n) is 7.13. The molecule has 0 aliphatic carbocycles. The lowest BCUT2D eigenvalue weighted by atomic mass is 10.0. The quantitative estimate of drug-likeness (QED) is 0.420. The summed E-state index contributed by atoms with van der Waals surface area (Å²) in [5.74, 6) is 0. The maximum Gasteiger partial charge on any atom is 0.410 e. The number of carbonyl (C=O) groups excluding carboxylic acids is 1. The number of pyridine rings is 1.